The van der Waals surface area contributed by atoms with Gasteiger partial charge in [0.1, 0.15) is 16.9 Å². The van der Waals surface area contributed by atoms with E-state index in [0.29, 0.717) is 22.3 Å². The number of ether oxygens (including phenoxy) is 1. The van der Waals surface area contributed by atoms with Gasteiger partial charge >= 0.3 is 5.97 Å². The van der Waals surface area contributed by atoms with Crippen molar-refractivity contribution in [3.63, 3.8) is 0 Å². The molecule has 5 aromatic rings. The lowest BCUT2D eigenvalue weighted by atomic mass is 10.00. The van der Waals surface area contributed by atoms with E-state index in [-0.39, 0.29) is 21.7 Å². The van der Waals surface area contributed by atoms with Crippen LogP contribution in [0.1, 0.15) is 34.5 Å². The first-order chi connectivity index (χ1) is 17.7. The van der Waals surface area contributed by atoms with Crippen molar-refractivity contribution in [2.75, 3.05) is 12.4 Å². The number of carbonyl (C=O) groups excluding carboxylic acids is 1. The van der Waals surface area contributed by atoms with E-state index in [2.05, 4.69) is 10.4 Å². The summed E-state index contributed by atoms with van der Waals surface area (Å²) in [6.45, 7) is 3.71. The van der Waals surface area contributed by atoms with E-state index in [1.54, 1.807) is 10.7 Å². The summed E-state index contributed by atoms with van der Waals surface area (Å²) in [5, 5.41) is 8.70. The Morgan fingerprint density at radius 2 is 1.97 bits per heavy atom. The van der Waals surface area contributed by atoms with E-state index >= 15 is 0 Å². The summed E-state index contributed by atoms with van der Waals surface area (Å²) in [5.41, 5.74) is 3.20. The van der Waals surface area contributed by atoms with Crippen molar-refractivity contribution in [3.8, 4) is 11.3 Å². The Hall–Kier alpha value is -4.17. The molecule has 2 aromatic heterocycles. The third-order valence-electron chi connectivity index (χ3n) is 6.23. The van der Waals surface area contributed by atoms with Gasteiger partial charge in [-0.25, -0.2) is 9.18 Å². The Morgan fingerprint density at radius 3 is 2.73 bits per heavy atom. The number of aryl methyl sites for hydroxylation is 2. The molecule has 0 aliphatic carbocycles. The van der Waals surface area contributed by atoms with Gasteiger partial charge in [0.05, 0.1) is 34.8 Å². The number of halogens is 2. The minimum Gasteiger partial charge on any atom is -0.465 e. The molecule has 188 valence electrons. The number of nitrogens with zero attached hydrogens (tertiary/aromatic N) is 2. The van der Waals surface area contributed by atoms with Gasteiger partial charge in [-0.15, -0.1) is 0 Å². The number of methoxy groups -OCH3 is 1. The quantitative estimate of drug-likeness (QED) is 0.270. The van der Waals surface area contributed by atoms with Crippen LogP contribution in [-0.2, 0) is 11.8 Å². The Kier molecular flexibility index (Phi) is 6.21. The molecule has 5 rings (SSSR count). The molecule has 0 bridgehead atoms. The minimum atomic E-state index is -0.876. The second-order valence-electron chi connectivity index (χ2n) is 8.92. The van der Waals surface area contributed by atoms with Crippen LogP contribution in [0, 0.1) is 12.7 Å². The second-order valence-corrected chi connectivity index (χ2v) is 9.33. The number of hydrogen-bond donors (Lipinski definition) is 1. The predicted octanol–water partition coefficient (Wildman–Crippen LogP) is 6.41. The smallest absolute Gasteiger partial charge is 0.343 e. The molecule has 1 atom stereocenters. The number of nitrogens with one attached hydrogen (secondary N) is 1. The zero-order chi connectivity index (χ0) is 26.4. The van der Waals surface area contributed by atoms with Crippen LogP contribution in [-0.4, -0.2) is 22.9 Å². The molecular formula is C28H23ClFN3O4. The summed E-state index contributed by atoms with van der Waals surface area (Å²) >= 11 is 5.90. The molecule has 0 radical (unpaired) electrons. The molecule has 1 N–H and O–H groups in total. The summed E-state index contributed by atoms with van der Waals surface area (Å²) in [6.07, 6.45) is 1.89. The largest absolute Gasteiger partial charge is 0.465 e. The first-order valence-electron chi connectivity index (χ1n) is 11.5. The highest BCUT2D eigenvalue weighted by Crippen LogP contribution is 2.33. The van der Waals surface area contributed by atoms with E-state index in [4.69, 9.17) is 20.8 Å². The highest BCUT2D eigenvalue weighted by molar-refractivity contribution is 6.31. The van der Waals surface area contributed by atoms with Crippen LogP contribution in [0.5, 0.6) is 0 Å². The van der Waals surface area contributed by atoms with E-state index in [1.165, 1.54) is 25.3 Å². The van der Waals surface area contributed by atoms with Gasteiger partial charge < -0.3 is 14.5 Å². The van der Waals surface area contributed by atoms with Gasteiger partial charge in [0.2, 0.25) is 0 Å². The lowest BCUT2D eigenvalue weighted by Gasteiger charge is -2.20. The SMILES string of the molecule is COC(=O)c1c(NC(C)c2cc(C)cc3c(=O)cc(-c4ccc5nn(C)cc5c4)oc23)ccc(Cl)c1F. The molecule has 0 aliphatic rings. The number of carbonyl (C=O) groups is 1. The molecule has 0 aliphatic heterocycles. The first-order valence-corrected chi connectivity index (χ1v) is 11.9. The second kappa shape index (κ2) is 9.37. The maximum absolute atomic E-state index is 14.7. The minimum absolute atomic E-state index is 0.188. The fraction of sp³-hybridized carbons (Fsp3) is 0.179. The lowest BCUT2D eigenvalue weighted by molar-refractivity contribution is 0.0596. The van der Waals surface area contributed by atoms with Crippen molar-refractivity contribution in [2.45, 2.75) is 19.9 Å². The Bertz CT molecular complexity index is 1760. The van der Waals surface area contributed by atoms with Gasteiger partial charge in [0.25, 0.3) is 0 Å². The molecule has 0 spiro atoms. The summed E-state index contributed by atoms with van der Waals surface area (Å²) in [4.78, 5) is 25.5. The lowest BCUT2D eigenvalue weighted by Crippen LogP contribution is -2.15. The number of hydrogen-bond acceptors (Lipinski definition) is 6. The summed E-state index contributed by atoms with van der Waals surface area (Å²) in [5.74, 6) is -1.32. The van der Waals surface area contributed by atoms with Crippen LogP contribution < -0.4 is 10.7 Å². The van der Waals surface area contributed by atoms with Crippen LogP contribution in [0.4, 0.5) is 10.1 Å². The average Bonchev–Trinajstić information content (AvgIpc) is 3.25. The van der Waals surface area contributed by atoms with E-state index in [9.17, 15) is 14.0 Å². The van der Waals surface area contributed by atoms with Gasteiger partial charge in [0, 0.05) is 35.8 Å². The Labute approximate surface area is 216 Å². The average molecular weight is 520 g/mol. The number of anilines is 1. The van der Waals surface area contributed by atoms with Crippen molar-refractivity contribution >= 4 is 45.1 Å². The third kappa shape index (κ3) is 4.44. The number of benzene rings is 3. The van der Waals surface area contributed by atoms with E-state index in [1.807, 2.05) is 51.4 Å². The van der Waals surface area contributed by atoms with Gasteiger partial charge in [-0.3, -0.25) is 9.48 Å². The predicted molar refractivity (Wildman–Crippen MR) is 142 cm³/mol. The summed E-state index contributed by atoms with van der Waals surface area (Å²) in [7, 11) is 3.01. The van der Waals surface area contributed by atoms with Crippen molar-refractivity contribution in [1.29, 1.82) is 0 Å². The normalized spacial score (nSPS) is 12.2. The topological polar surface area (TPSA) is 86.4 Å². The molecule has 0 fully saturated rings. The first kappa shape index (κ1) is 24.5. The molecule has 0 amide bonds. The van der Waals surface area contributed by atoms with Gasteiger partial charge in [-0.2, -0.15) is 5.10 Å². The van der Waals surface area contributed by atoms with Crippen LogP contribution in [0.25, 0.3) is 33.2 Å². The number of fused-ring (bicyclic) bond motifs is 2. The van der Waals surface area contributed by atoms with Crippen molar-refractivity contribution in [3.05, 3.63) is 92.5 Å². The van der Waals surface area contributed by atoms with Crippen LogP contribution in [0.3, 0.4) is 0 Å². The van der Waals surface area contributed by atoms with Crippen LogP contribution in [0.2, 0.25) is 5.02 Å². The molecular weight excluding hydrogens is 497 g/mol. The maximum Gasteiger partial charge on any atom is 0.343 e. The fourth-order valence-corrected chi connectivity index (χ4v) is 4.64. The molecule has 0 saturated heterocycles. The van der Waals surface area contributed by atoms with Gasteiger partial charge in [-0.05, 0) is 55.8 Å². The molecule has 0 saturated carbocycles. The zero-order valence-corrected chi connectivity index (χ0v) is 21.3. The van der Waals surface area contributed by atoms with Crippen molar-refractivity contribution in [1.82, 2.24) is 9.78 Å². The molecule has 7 nitrogen and oxygen atoms in total. The number of aromatic nitrogens is 2. The van der Waals surface area contributed by atoms with Crippen LogP contribution >= 0.6 is 11.6 Å². The van der Waals surface area contributed by atoms with E-state index in [0.717, 1.165) is 22.0 Å². The molecule has 37 heavy (non-hydrogen) atoms. The third-order valence-corrected chi connectivity index (χ3v) is 6.52. The van der Waals surface area contributed by atoms with Gasteiger partial charge in [-0.1, -0.05) is 17.7 Å². The van der Waals surface area contributed by atoms with Crippen molar-refractivity contribution in [2.24, 2.45) is 7.05 Å². The molecule has 3 aromatic carbocycles. The summed E-state index contributed by atoms with van der Waals surface area (Å²) in [6, 6.07) is 13.2. The number of esters is 1. The molecule has 2 heterocycles. The highest BCUT2D eigenvalue weighted by Gasteiger charge is 2.23. The van der Waals surface area contributed by atoms with Crippen molar-refractivity contribution < 1.29 is 18.3 Å². The Balaban J connectivity index is 1.63. The summed E-state index contributed by atoms with van der Waals surface area (Å²) < 4.78 is 27.5. The zero-order valence-electron chi connectivity index (χ0n) is 20.6. The fourth-order valence-electron chi connectivity index (χ4n) is 4.48. The maximum atomic E-state index is 14.7. The molecule has 1 unspecified atom stereocenters. The standard InChI is InChI=1S/C28H23ClFN3O4/c1-14-9-18(15(2)31-22-8-6-20(29)26(30)25(22)28(35)36-4)27-19(10-14)23(34)12-24(37-27)16-5-7-21-17(11-16)13-33(3)32-21/h5-13,15,31H,1-4H3. The van der Waals surface area contributed by atoms with E-state index < -0.39 is 17.8 Å². The Morgan fingerprint density at radius 1 is 1.19 bits per heavy atom. The highest BCUT2D eigenvalue weighted by atomic mass is 35.5. The number of rotatable bonds is 5. The van der Waals surface area contributed by atoms with Gasteiger partial charge in [0.15, 0.2) is 11.2 Å². The molecule has 9 heteroatoms. The van der Waals surface area contributed by atoms with Crippen LogP contribution in [0.15, 0.2) is 63.9 Å². The monoisotopic (exact) mass is 519 g/mol.